The Hall–Kier alpha value is -4.98. The molecule has 5 heteroatoms. The van der Waals surface area contributed by atoms with Gasteiger partial charge in [-0.3, -0.25) is 11.8 Å². The smallest absolute Gasteiger partial charge is 0.366 e. The largest absolute Gasteiger partial charge is 1.00 e. The summed E-state index contributed by atoms with van der Waals surface area (Å²) in [5, 5.41) is 8.44. The fraction of sp³-hybridized carbons (Fsp3) is 0.103. The van der Waals surface area contributed by atoms with Gasteiger partial charge < -0.3 is 17.4 Å². The van der Waals surface area contributed by atoms with E-state index >= 15 is 0 Å². The predicted octanol–water partition coefficient (Wildman–Crippen LogP) is 12.0. The molecule has 0 radical (unpaired) electrons. The number of para-hydroxylation sites is 1. The molecule has 10 rings (SSSR count). The number of fused-ring (bicyclic) bond motifs is 6. The van der Waals surface area contributed by atoms with E-state index in [1.165, 1.54) is 79.5 Å². The maximum absolute atomic E-state index is 7.35. The van der Waals surface area contributed by atoms with Gasteiger partial charge in [0.25, 0.3) is 0 Å². The summed E-state index contributed by atoms with van der Waals surface area (Å²) in [6, 6.07) is 73.4. The van der Waals surface area contributed by atoms with Gasteiger partial charge in [-0.15, -0.1) is 23.3 Å². The first-order valence-electron chi connectivity index (χ1n) is 21.1. The molecule has 0 N–H and O–H groups in total. The van der Waals surface area contributed by atoms with Gasteiger partial charge in [0, 0.05) is 18.1 Å². The van der Waals surface area contributed by atoms with Crippen molar-refractivity contribution in [1.29, 1.82) is 0 Å². The van der Waals surface area contributed by atoms with Gasteiger partial charge in [0.1, 0.15) is 0 Å². The molecule has 9 aromatic rings. The number of hydrogen-bond acceptors (Lipinski definition) is 0. The Morgan fingerprint density at radius 1 is 0.444 bits per heavy atom. The summed E-state index contributed by atoms with van der Waals surface area (Å²) in [7, 11) is 0.625. The zero-order valence-corrected chi connectivity index (χ0v) is 41.5. The summed E-state index contributed by atoms with van der Waals surface area (Å²) >= 11 is 0. The molecule has 0 bridgehead atoms. The van der Waals surface area contributed by atoms with Gasteiger partial charge in [-0.2, -0.15) is 0 Å². The molecule has 0 fully saturated rings. The molecule has 63 heavy (non-hydrogen) atoms. The van der Waals surface area contributed by atoms with Crippen molar-refractivity contribution in [3.63, 3.8) is 0 Å². The third-order valence-electron chi connectivity index (χ3n) is 11.6. The van der Waals surface area contributed by atoms with Gasteiger partial charge in [-0.25, -0.2) is 0 Å². The molecule has 0 saturated heterocycles. The zero-order chi connectivity index (χ0) is 41.8. The Morgan fingerprint density at radius 2 is 0.857 bits per heavy atom. The van der Waals surface area contributed by atoms with Crippen molar-refractivity contribution >= 4 is 58.9 Å². The van der Waals surface area contributed by atoms with E-state index in [1.807, 2.05) is 36.4 Å². The van der Waals surface area contributed by atoms with Crippen LogP contribution in [0.4, 0.5) is 0 Å². The number of nitrogens with zero attached hydrogens (tertiary/aromatic N) is 1. The molecule has 0 aliphatic heterocycles. The number of aryl methyl sites for hydroxylation is 1. The van der Waals surface area contributed by atoms with Crippen LogP contribution in [0.1, 0.15) is 35.1 Å². The van der Waals surface area contributed by atoms with Crippen molar-refractivity contribution in [3.05, 3.63) is 241 Å². The van der Waals surface area contributed by atoms with Crippen molar-refractivity contribution in [1.82, 2.24) is 4.57 Å². The molecule has 1 heterocycles. The number of hydrogen-bond donors (Lipinski definition) is 0. The second kappa shape index (κ2) is 23.6. The van der Waals surface area contributed by atoms with Crippen LogP contribution in [0, 0.1) is 24.7 Å². The zero-order valence-electron chi connectivity index (χ0n) is 35.2. The van der Waals surface area contributed by atoms with E-state index in [0.29, 0.717) is 0 Å². The van der Waals surface area contributed by atoms with Gasteiger partial charge in [0.15, 0.2) is 0 Å². The average molecular weight is 1220 g/mol. The maximum atomic E-state index is 7.35. The first-order valence-corrected chi connectivity index (χ1v) is 24.5. The monoisotopic (exact) mass is 1220 g/mol. The Kier molecular flexibility index (Phi) is 17.8. The van der Waals surface area contributed by atoms with Crippen LogP contribution in [-0.4, -0.2) is 16.9 Å². The van der Waals surface area contributed by atoms with Gasteiger partial charge in [-0.1, -0.05) is 150 Å². The average Bonchev–Trinajstić information content (AvgIpc) is 3.87. The van der Waals surface area contributed by atoms with E-state index in [4.69, 9.17) is 12.8 Å². The molecule has 1 aliphatic rings. The van der Waals surface area contributed by atoms with Crippen molar-refractivity contribution in [3.8, 4) is 23.0 Å². The van der Waals surface area contributed by atoms with Crippen LogP contribution in [-0.2, 0) is 58.2 Å². The van der Waals surface area contributed by atoms with Crippen LogP contribution in [0.15, 0.2) is 206 Å². The first-order chi connectivity index (χ1) is 30.1. The van der Waals surface area contributed by atoms with Crippen molar-refractivity contribution in [2.75, 3.05) is 12.3 Å². The number of aromatic nitrogens is 1. The topological polar surface area (TPSA) is 4.93 Å². The van der Waals surface area contributed by atoms with Crippen LogP contribution in [0.3, 0.4) is 0 Å². The van der Waals surface area contributed by atoms with Gasteiger partial charge in [0.05, 0.1) is 49.4 Å². The van der Waals surface area contributed by atoms with E-state index < -0.39 is 15.8 Å². The molecule has 0 atom stereocenters. The van der Waals surface area contributed by atoms with Gasteiger partial charge >= 0.3 is 44.8 Å². The maximum Gasteiger partial charge on any atom is 1.00 e. The van der Waals surface area contributed by atoms with Crippen LogP contribution < -0.4 is 21.2 Å². The van der Waals surface area contributed by atoms with Crippen LogP contribution >= 0.6 is 15.8 Å². The molecule has 0 saturated carbocycles. The minimum absolute atomic E-state index is 0. The second-order valence-electron chi connectivity index (χ2n) is 15.3. The summed E-state index contributed by atoms with van der Waals surface area (Å²) in [6.07, 6.45) is 20.8. The standard InChI is InChI=1S/C28H28P2.C15H10N.C15H9.2Au/c1-5-15-25(16-6-1)29(26-17-7-2-8-18-26)23-13-14-24-30(27-19-9-3-10-20-27)28-21-11-4-12-22-28;1-3-11-7-6-10-14-15(11)12-8-4-5-9-13(12)16(14)2;1-2-11-7-5-8-13-10-12-6-3-4-9-14(12)15(11)13;;/h1-12,15-22H,13-14,23-24H2;4-10H,2H3;3-9H,10H2;;/q;2*-1;2*+1/p+2. The van der Waals surface area contributed by atoms with E-state index in [1.54, 1.807) is 0 Å². The Balaban J connectivity index is 0.000000169. The third kappa shape index (κ3) is 11.2. The Morgan fingerprint density at radius 3 is 1.38 bits per heavy atom. The molecular formula is C58H49Au2NP2+2. The molecule has 1 aromatic heterocycles. The minimum atomic E-state index is -0.714. The van der Waals surface area contributed by atoms with Gasteiger partial charge in [0.2, 0.25) is 0 Å². The van der Waals surface area contributed by atoms with E-state index in [-0.39, 0.29) is 44.8 Å². The summed E-state index contributed by atoms with van der Waals surface area (Å²) in [5.74, 6) is 5.03. The van der Waals surface area contributed by atoms with E-state index in [0.717, 1.165) is 28.5 Å². The van der Waals surface area contributed by atoms with Crippen molar-refractivity contribution in [2.24, 2.45) is 7.05 Å². The fourth-order valence-corrected chi connectivity index (χ4v) is 14.1. The van der Waals surface area contributed by atoms with Crippen LogP contribution in [0.25, 0.3) is 32.9 Å². The summed E-state index contributed by atoms with van der Waals surface area (Å²) in [5.41, 5.74) is 9.24. The quantitative estimate of drug-likeness (QED) is 0.0446. The molecule has 316 valence electrons. The second-order valence-corrected chi connectivity index (χ2v) is 20.6. The molecule has 8 aromatic carbocycles. The SMILES string of the molecule is [Au+].[Au+].[C-]#Cc1cccc2c1-c1ccccc1C2.[C-]#Cc1cccc2c1c1ccccc1n2C.c1ccc([PH+](CCCC[PH+](c2ccccc2)c2ccccc2)c2ccccc2)cc1. The summed E-state index contributed by atoms with van der Waals surface area (Å²) < 4.78 is 2.16. The number of unbranched alkanes of at least 4 members (excludes halogenated alkanes) is 1. The van der Waals surface area contributed by atoms with Crippen molar-refractivity contribution < 1.29 is 44.8 Å². The van der Waals surface area contributed by atoms with Crippen molar-refractivity contribution in [2.45, 2.75) is 19.3 Å². The normalized spacial score (nSPS) is 10.8. The summed E-state index contributed by atoms with van der Waals surface area (Å²) in [6.45, 7) is 0. The molecule has 0 amide bonds. The van der Waals surface area contributed by atoms with Gasteiger partial charge in [-0.05, 0) is 96.4 Å². The number of benzene rings is 8. The summed E-state index contributed by atoms with van der Waals surface area (Å²) in [4.78, 5) is 0. The Labute approximate surface area is 407 Å². The molecule has 0 spiro atoms. The third-order valence-corrected chi connectivity index (χ3v) is 17.4. The minimum Gasteiger partial charge on any atom is -0.366 e. The van der Waals surface area contributed by atoms with Crippen LogP contribution in [0.2, 0.25) is 0 Å². The predicted molar refractivity (Wildman–Crippen MR) is 267 cm³/mol. The van der Waals surface area contributed by atoms with Crippen LogP contribution in [0.5, 0.6) is 0 Å². The molecule has 0 unspecified atom stereocenters. The fourth-order valence-electron chi connectivity index (χ4n) is 8.68. The Bertz CT molecular complexity index is 2770. The molecular weight excluding hydrogens is 1170 g/mol. The van der Waals surface area contributed by atoms with E-state index in [9.17, 15) is 0 Å². The molecule has 1 aliphatic carbocycles. The first kappa shape index (κ1) is 47.5. The molecule has 1 nitrogen and oxygen atoms in total. The van der Waals surface area contributed by atoms with E-state index in [2.05, 4.69) is 193 Å². The number of rotatable bonds is 9.